The van der Waals surface area contributed by atoms with E-state index in [0.717, 1.165) is 12.8 Å². The second kappa shape index (κ2) is 11.4. The molecule has 0 bridgehead atoms. The number of carbonyl (C=O) groups is 3. The topological polar surface area (TPSA) is 113 Å². The normalized spacial score (nSPS) is 14.8. The number of fused-ring (bicyclic) bond motifs is 1. The van der Waals surface area contributed by atoms with Gasteiger partial charge < -0.3 is 15.0 Å². The first-order valence-corrected chi connectivity index (χ1v) is 13.0. The predicted octanol–water partition coefficient (Wildman–Crippen LogP) is 2.56. The lowest BCUT2D eigenvalue weighted by Gasteiger charge is -2.31. The summed E-state index contributed by atoms with van der Waals surface area (Å²) in [5.41, 5.74) is 0.736. The molecule has 2 aromatic rings. The van der Waals surface area contributed by atoms with Gasteiger partial charge in [-0.3, -0.25) is 14.4 Å². The Hall–Kier alpha value is -3.40. The summed E-state index contributed by atoms with van der Waals surface area (Å²) in [6.07, 6.45) is 2.01. The molecule has 0 fully saturated rings. The molecular formula is C25H31N3O6S. The van der Waals surface area contributed by atoms with Gasteiger partial charge in [0.05, 0.1) is 12.7 Å². The Morgan fingerprint density at radius 2 is 1.86 bits per heavy atom. The van der Waals surface area contributed by atoms with Crippen molar-refractivity contribution in [2.24, 2.45) is 0 Å². The summed E-state index contributed by atoms with van der Waals surface area (Å²) in [6.45, 7) is 3.61. The highest BCUT2D eigenvalue weighted by molar-refractivity contribution is 7.90. The average Bonchev–Trinajstić information content (AvgIpc) is 3.04. The molecule has 1 N–H and O–H groups in total. The predicted molar refractivity (Wildman–Crippen MR) is 130 cm³/mol. The van der Waals surface area contributed by atoms with Crippen LogP contribution in [0.3, 0.4) is 0 Å². The van der Waals surface area contributed by atoms with E-state index in [1.807, 2.05) is 6.92 Å². The number of rotatable bonds is 11. The third-order valence-corrected chi connectivity index (χ3v) is 7.68. The van der Waals surface area contributed by atoms with Gasteiger partial charge in [0.25, 0.3) is 15.9 Å². The van der Waals surface area contributed by atoms with Crippen LogP contribution in [0.2, 0.25) is 0 Å². The minimum absolute atomic E-state index is 0.0315. The molecule has 0 saturated carbocycles. The number of nitrogens with one attached hydrogen (secondary N) is 1. The molecule has 3 rings (SSSR count). The maximum absolute atomic E-state index is 13.5. The van der Waals surface area contributed by atoms with Crippen LogP contribution >= 0.6 is 0 Å². The van der Waals surface area contributed by atoms with Crippen molar-refractivity contribution in [3.8, 4) is 5.75 Å². The lowest BCUT2D eigenvalue weighted by Crippen LogP contribution is -2.52. The summed E-state index contributed by atoms with van der Waals surface area (Å²) in [5, 5.41) is 2.85. The van der Waals surface area contributed by atoms with Crippen LogP contribution in [-0.2, 0) is 26.2 Å². The van der Waals surface area contributed by atoms with Gasteiger partial charge in [-0.2, -0.15) is 0 Å². The Balaban J connectivity index is 1.91. The summed E-state index contributed by atoms with van der Waals surface area (Å²) >= 11 is 0. The highest BCUT2D eigenvalue weighted by atomic mass is 32.2. The summed E-state index contributed by atoms with van der Waals surface area (Å²) in [4.78, 5) is 40.6. The molecule has 0 aromatic heterocycles. The van der Waals surface area contributed by atoms with Crippen LogP contribution in [0.4, 0.5) is 0 Å². The maximum Gasteiger partial charge on any atom is 0.269 e. The summed E-state index contributed by atoms with van der Waals surface area (Å²) in [6, 6.07) is 12.1. The number of carbonyl (C=O) groups excluding carboxylic acids is 3. The van der Waals surface area contributed by atoms with E-state index in [9.17, 15) is 22.8 Å². The molecule has 1 unspecified atom stereocenters. The lowest BCUT2D eigenvalue weighted by atomic mass is 10.1. The smallest absolute Gasteiger partial charge is 0.269 e. The molecule has 9 nitrogen and oxygen atoms in total. The van der Waals surface area contributed by atoms with Gasteiger partial charge in [0.15, 0.2) is 0 Å². The van der Waals surface area contributed by atoms with Gasteiger partial charge in [-0.1, -0.05) is 44.5 Å². The van der Waals surface area contributed by atoms with Crippen molar-refractivity contribution in [3.63, 3.8) is 0 Å². The number of sulfonamides is 1. The zero-order valence-corrected chi connectivity index (χ0v) is 21.0. The summed E-state index contributed by atoms with van der Waals surface area (Å²) in [5.74, 6) is -1.13. The standard InChI is InChI=1S/C25H31N3O6S/c1-4-6-14-26-24(30)21(5-2)27(16-18-10-9-11-19(15-18)34-3)23(29)17-28-25(31)20-12-7-8-13-22(20)35(28,32)33/h7-13,15,21H,4-6,14,16-17H2,1-3H3,(H,26,30). The Bertz CT molecular complexity index is 1200. The Labute approximate surface area is 206 Å². The molecule has 1 aliphatic heterocycles. The van der Waals surface area contributed by atoms with Gasteiger partial charge in [0.2, 0.25) is 11.8 Å². The van der Waals surface area contributed by atoms with Gasteiger partial charge in [0.1, 0.15) is 23.2 Å². The molecule has 3 amide bonds. The van der Waals surface area contributed by atoms with Crippen LogP contribution in [0.25, 0.3) is 0 Å². The van der Waals surface area contributed by atoms with Crippen molar-refractivity contribution >= 4 is 27.7 Å². The molecule has 1 aliphatic rings. The van der Waals surface area contributed by atoms with Gasteiger partial charge in [-0.25, -0.2) is 12.7 Å². The zero-order valence-electron chi connectivity index (χ0n) is 20.2. The minimum atomic E-state index is -4.16. The largest absolute Gasteiger partial charge is 0.497 e. The minimum Gasteiger partial charge on any atom is -0.497 e. The molecule has 0 spiro atoms. The second-order valence-corrected chi connectivity index (χ2v) is 10.1. The third kappa shape index (κ3) is 5.64. The van der Waals surface area contributed by atoms with Gasteiger partial charge in [-0.15, -0.1) is 0 Å². The van der Waals surface area contributed by atoms with Crippen molar-refractivity contribution in [3.05, 3.63) is 59.7 Å². The van der Waals surface area contributed by atoms with Gasteiger partial charge in [-0.05, 0) is 42.7 Å². The summed E-state index contributed by atoms with van der Waals surface area (Å²) < 4.78 is 31.8. The van der Waals surface area contributed by atoms with Crippen molar-refractivity contribution in [2.45, 2.75) is 50.6 Å². The zero-order chi connectivity index (χ0) is 25.6. The van der Waals surface area contributed by atoms with E-state index >= 15 is 0 Å². The van der Waals surface area contributed by atoms with E-state index in [4.69, 9.17) is 4.74 Å². The van der Waals surface area contributed by atoms with Crippen LogP contribution in [0.5, 0.6) is 5.75 Å². The fourth-order valence-electron chi connectivity index (χ4n) is 3.99. The third-order valence-electron chi connectivity index (χ3n) is 5.89. The Morgan fingerprint density at radius 3 is 2.51 bits per heavy atom. The molecule has 2 aromatic carbocycles. The highest BCUT2D eigenvalue weighted by Crippen LogP contribution is 2.30. The quantitative estimate of drug-likeness (QED) is 0.474. The van der Waals surface area contributed by atoms with Crippen molar-refractivity contribution < 1.29 is 27.5 Å². The number of amides is 3. The van der Waals surface area contributed by atoms with Gasteiger partial charge >= 0.3 is 0 Å². The molecule has 0 saturated heterocycles. The molecule has 35 heavy (non-hydrogen) atoms. The van der Waals surface area contributed by atoms with E-state index in [0.29, 0.717) is 28.6 Å². The van der Waals surface area contributed by atoms with Crippen molar-refractivity contribution in [1.29, 1.82) is 0 Å². The maximum atomic E-state index is 13.5. The number of ether oxygens (including phenoxy) is 1. The lowest BCUT2D eigenvalue weighted by molar-refractivity contribution is -0.141. The Morgan fingerprint density at radius 1 is 1.11 bits per heavy atom. The SMILES string of the molecule is CCCCNC(=O)C(CC)N(Cc1cccc(OC)c1)C(=O)CN1C(=O)c2ccccc2S1(=O)=O. The molecule has 188 valence electrons. The highest BCUT2D eigenvalue weighted by Gasteiger charge is 2.43. The molecule has 0 radical (unpaired) electrons. The molecule has 0 aliphatic carbocycles. The first-order valence-electron chi connectivity index (χ1n) is 11.6. The second-order valence-electron chi connectivity index (χ2n) is 8.25. The van der Waals surface area contributed by atoms with E-state index in [2.05, 4.69) is 5.32 Å². The van der Waals surface area contributed by atoms with E-state index in [-0.39, 0.29) is 22.9 Å². The number of hydrogen-bond acceptors (Lipinski definition) is 6. The molecular weight excluding hydrogens is 470 g/mol. The van der Waals surface area contributed by atoms with Crippen LogP contribution in [0.15, 0.2) is 53.4 Å². The number of benzene rings is 2. The average molecular weight is 502 g/mol. The van der Waals surface area contributed by atoms with E-state index < -0.39 is 34.4 Å². The fraction of sp³-hybridized carbons (Fsp3) is 0.400. The number of hydrogen-bond donors (Lipinski definition) is 1. The van der Waals surface area contributed by atoms with Crippen LogP contribution in [-0.4, -0.2) is 61.6 Å². The number of methoxy groups -OCH3 is 1. The van der Waals surface area contributed by atoms with E-state index in [1.165, 1.54) is 30.2 Å². The molecule has 1 atom stereocenters. The first kappa shape index (κ1) is 26.2. The first-order chi connectivity index (χ1) is 16.7. The monoisotopic (exact) mass is 501 g/mol. The molecule has 1 heterocycles. The van der Waals surface area contributed by atoms with Crippen LogP contribution < -0.4 is 10.1 Å². The van der Waals surface area contributed by atoms with Crippen molar-refractivity contribution in [2.75, 3.05) is 20.2 Å². The van der Waals surface area contributed by atoms with E-state index in [1.54, 1.807) is 37.3 Å². The number of unbranched alkanes of at least 4 members (excludes halogenated alkanes) is 1. The van der Waals surface area contributed by atoms with Gasteiger partial charge in [0, 0.05) is 13.1 Å². The summed E-state index contributed by atoms with van der Waals surface area (Å²) in [7, 11) is -2.63. The Kier molecular flexibility index (Phi) is 8.50. The van der Waals surface area contributed by atoms with Crippen molar-refractivity contribution in [1.82, 2.24) is 14.5 Å². The molecule has 10 heteroatoms. The fourth-order valence-corrected chi connectivity index (χ4v) is 5.51. The van der Waals surface area contributed by atoms with Crippen LogP contribution in [0, 0.1) is 0 Å². The number of nitrogens with zero attached hydrogens (tertiary/aromatic N) is 2. The van der Waals surface area contributed by atoms with Crippen LogP contribution in [0.1, 0.15) is 49.0 Å².